The highest BCUT2D eigenvalue weighted by Crippen LogP contribution is 2.45. The number of hydrogen-bond acceptors (Lipinski definition) is 11. The molecular formula is C105H67N13. The van der Waals surface area contributed by atoms with Crippen LogP contribution in [0.3, 0.4) is 0 Å². The number of benzene rings is 16. The molecule has 0 saturated heterocycles. The molecule has 6 aromatic heterocycles. The summed E-state index contributed by atoms with van der Waals surface area (Å²) < 4.78 is 0. The number of aromatic nitrogens is 13. The van der Waals surface area contributed by atoms with E-state index in [4.69, 9.17) is 55.3 Å². The van der Waals surface area contributed by atoms with Crippen LogP contribution in [-0.2, 0) is 0 Å². The average molecular weight is 1510 g/mol. The molecule has 0 aliphatic heterocycles. The zero-order valence-electron chi connectivity index (χ0n) is 63.5. The zero-order chi connectivity index (χ0) is 78.2. The topological polar surface area (TPSA) is 152 Å². The molecule has 22 rings (SSSR count). The number of hydrogen-bond donors (Lipinski definition) is 0. The van der Waals surface area contributed by atoms with Crippen LogP contribution in [0.15, 0.2) is 406 Å². The molecule has 13 nitrogen and oxygen atoms in total. The summed E-state index contributed by atoms with van der Waals surface area (Å²) in [5.74, 6) is 2.59. The van der Waals surface area contributed by atoms with Crippen molar-refractivity contribution in [3.63, 3.8) is 0 Å². The molecule has 0 aliphatic carbocycles. The summed E-state index contributed by atoms with van der Waals surface area (Å²) in [5.41, 5.74) is 26.9. The lowest BCUT2D eigenvalue weighted by Crippen LogP contribution is -2.00. The second-order valence-electron chi connectivity index (χ2n) is 29.0. The highest BCUT2D eigenvalue weighted by Gasteiger charge is 2.25. The van der Waals surface area contributed by atoms with E-state index >= 15 is 0 Å². The number of rotatable bonds is 14. The second kappa shape index (κ2) is 30.3. The van der Waals surface area contributed by atoms with E-state index in [2.05, 4.69) is 224 Å². The van der Waals surface area contributed by atoms with Crippen LogP contribution in [0.2, 0.25) is 0 Å². The third kappa shape index (κ3) is 13.4. The molecule has 0 unspecified atom stereocenters. The van der Waals surface area contributed by atoms with Crippen LogP contribution in [0.4, 0.5) is 0 Å². The molecule has 6 heterocycles. The van der Waals surface area contributed by atoms with E-state index < -0.39 is 0 Å². The Morgan fingerprint density at radius 2 is 0.449 bits per heavy atom. The molecule has 16 aromatic carbocycles. The van der Waals surface area contributed by atoms with Gasteiger partial charge in [0.05, 0.1) is 45.2 Å². The van der Waals surface area contributed by atoms with Crippen LogP contribution in [0, 0.1) is 0 Å². The van der Waals surface area contributed by atoms with E-state index in [0.717, 1.165) is 189 Å². The van der Waals surface area contributed by atoms with Crippen molar-refractivity contribution in [2.24, 2.45) is 0 Å². The minimum Gasteiger partial charge on any atom is -0.247 e. The number of nitrogens with zero attached hydrogens (tertiary/aromatic N) is 13. The fraction of sp³-hybridized carbons (Fsp3) is 0. The van der Waals surface area contributed by atoms with Gasteiger partial charge in [-0.25, -0.2) is 34.9 Å². The van der Waals surface area contributed by atoms with Crippen molar-refractivity contribution in [2.75, 3.05) is 0 Å². The Kier molecular flexibility index (Phi) is 17.9. The Bertz CT molecular complexity index is 6920. The van der Waals surface area contributed by atoms with Gasteiger partial charge in [0.15, 0.2) is 23.3 Å². The molecule has 0 radical (unpaired) electrons. The Labute approximate surface area is 679 Å². The van der Waals surface area contributed by atoms with Crippen molar-refractivity contribution in [2.45, 2.75) is 0 Å². The van der Waals surface area contributed by atoms with Crippen molar-refractivity contribution in [1.29, 1.82) is 0 Å². The van der Waals surface area contributed by atoms with Crippen molar-refractivity contribution in [1.82, 2.24) is 64.9 Å². The Balaban J connectivity index is 0.000000147. The Morgan fingerprint density at radius 1 is 0.169 bits per heavy atom. The standard InChI is InChI=1S/C53H34N6.C52H33N7/c1-5-16-36(17-6-1)44-33-45-49(52-51(44)57-59(58-52)42-24-11-4-12-25-42)43-26-13-14-27-46(43)54-50(45)41-23-15-22-40(32-41)35-28-30-38(31-29-35)48-34-47(37-18-7-2-8-19-37)55-53(56-48)39-20-9-3-10-21-39;1-5-16-35(17-6-1)43-33-44-46(49-48(43)57-59(58-49)41-24-11-4-12-25-41)42-26-13-14-27-45(42)53-47(44)40-23-15-22-39(32-40)34-28-30-38(31-29-34)52-55-50(36-18-7-2-8-19-36)54-51(56-52)37-20-9-3-10-21-37/h1-34H;1-33H. The number of fused-ring (bicyclic) bond motifs is 10. The number of para-hydroxylation sites is 4. The van der Waals surface area contributed by atoms with Crippen LogP contribution in [0.1, 0.15) is 0 Å². The quantitative estimate of drug-likeness (QED) is 0.0957. The molecule has 0 saturated carbocycles. The monoisotopic (exact) mass is 1510 g/mol. The first kappa shape index (κ1) is 69.7. The van der Waals surface area contributed by atoms with E-state index in [-0.39, 0.29) is 0 Å². The summed E-state index contributed by atoms with van der Waals surface area (Å²) in [6.07, 6.45) is 0. The number of pyridine rings is 2. The van der Waals surface area contributed by atoms with Gasteiger partial charge in [-0.2, -0.15) is 9.59 Å². The smallest absolute Gasteiger partial charge is 0.164 e. The van der Waals surface area contributed by atoms with E-state index in [0.29, 0.717) is 23.3 Å². The van der Waals surface area contributed by atoms with E-state index in [1.54, 1.807) is 9.59 Å². The molecule has 0 amide bonds. The van der Waals surface area contributed by atoms with E-state index in [1.165, 1.54) is 0 Å². The van der Waals surface area contributed by atoms with Gasteiger partial charge < -0.3 is 0 Å². The predicted octanol–water partition coefficient (Wildman–Crippen LogP) is 25.2. The van der Waals surface area contributed by atoms with Crippen LogP contribution in [0.25, 0.3) is 212 Å². The molecule has 552 valence electrons. The summed E-state index contributed by atoms with van der Waals surface area (Å²) in [5, 5.41) is 26.8. The molecule has 0 N–H and O–H groups in total. The first-order valence-corrected chi connectivity index (χ1v) is 39.2. The maximum absolute atomic E-state index is 5.37. The van der Waals surface area contributed by atoms with Gasteiger partial charge in [0.25, 0.3) is 0 Å². The normalized spacial score (nSPS) is 11.4. The lowest BCUT2D eigenvalue weighted by molar-refractivity contribution is 0.766. The minimum atomic E-state index is 0.620. The maximum atomic E-state index is 5.37. The fourth-order valence-corrected chi connectivity index (χ4v) is 15.8. The molecular weight excluding hydrogens is 1440 g/mol. The first-order valence-electron chi connectivity index (χ1n) is 39.2. The Morgan fingerprint density at radius 3 is 0.839 bits per heavy atom. The van der Waals surface area contributed by atoms with Crippen LogP contribution in [-0.4, -0.2) is 64.9 Å². The summed E-state index contributed by atoms with van der Waals surface area (Å²) >= 11 is 0. The highest BCUT2D eigenvalue weighted by atomic mass is 15.5. The van der Waals surface area contributed by atoms with Crippen molar-refractivity contribution < 1.29 is 0 Å². The molecule has 0 fully saturated rings. The molecule has 0 aliphatic rings. The molecule has 0 atom stereocenters. The second-order valence-corrected chi connectivity index (χ2v) is 29.0. The van der Waals surface area contributed by atoms with Crippen molar-refractivity contribution in [3.05, 3.63) is 406 Å². The van der Waals surface area contributed by atoms with Gasteiger partial charge in [-0.1, -0.05) is 340 Å². The zero-order valence-corrected chi connectivity index (χ0v) is 63.5. The molecule has 22 aromatic rings. The van der Waals surface area contributed by atoms with Crippen molar-refractivity contribution >= 4 is 65.4 Å². The van der Waals surface area contributed by atoms with Crippen LogP contribution in [0.5, 0.6) is 0 Å². The predicted molar refractivity (Wildman–Crippen MR) is 478 cm³/mol. The van der Waals surface area contributed by atoms with Gasteiger partial charge in [-0.05, 0) is 100 Å². The van der Waals surface area contributed by atoms with Gasteiger partial charge in [0.1, 0.15) is 22.1 Å². The van der Waals surface area contributed by atoms with Gasteiger partial charge >= 0.3 is 0 Å². The average Bonchev–Trinajstić information content (AvgIpc) is 1.39. The molecule has 13 heteroatoms. The van der Waals surface area contributed by atoms with E-state index in [9.17, 15) is 0 Å². The van der Waals surface area contributed by atoms with Gasteiger partial charge in [0, 0.05) is 88.0 Å². The van der Waals surface area contributed by atoms with Crippen LogP contribution < -0.4 is 0 Å². The van der Waals surface area contributed by atoms with Gasteiger partial charge in [-0.15, -0.1) is 20.4 Å². The summed E-state index contributed by atoms with van der Waals surface area (Å²) in [6.45, 7) is 0. The highest BCUT2D eigenvalue weighted by molar-refractivity contribution is 6.25. The molecule has 0 spiro atoms. The molecule has 0 bridgehead atoms. The summed E-state index contributed by atoms with van der Waals surface area (Å²) in [4.78, 5) is 39.0. The SMILES string of the molecule is c1ccc(-c2cc(-c3ccc(-c4cccc(-c5nc6ccccc6c6c5cc(-c5ccccc5)c5nn(-c7ccccc7)nc56)c4)cc3)nc(-c3ccccc3)n2)cc1.c1ccc(-c2nc(-c3ccccc3)nc(-c3ccc(-c4cccc(-c5nc6ccccc6c6c5cc(-c5ccccc5)c5nn(-c7ccccc7)nc56)c4)cc3)n2)cc1. The third-order valence-corrected chi connectivity index (χ3v) is 21.6. The van der Waals surface area contributed by atoms with Gasteiger partial charge in [0.2, 0.25) is 0 Å². The van der Waals surface area contributed by atoms with Crippen molar-refractivity contribution in [3.8, 4) is 146 Å². The largest absolute Gasteiger partial charge is 0.247 e. The Hall–Kier alpha value is -16.3. The third-order valence-electron chi connectivity index (χ3n) is 21.6. The lowest BCUT2D eigenvalue weighted by Gasteiger charge is -2.14. The van der Waals surface area contributed by atoms with E-state index in [1.807, 2.05) is 182 Å². The van der Waals surface area contributed by atoms with Gasteiger partial charge in [-0.3, -0.25) is 0 Å². The summed E-state index contributed by atoms with van der Waals surface area (Å²) in [7, 11) is 0. The maximum Gasteiger partial charge on any atom is 0.164 e. The lowest BCUT2D eigenvalue weighted by atomic mass is 9.93. The molecule has 118 heavy (non-hydrogen) atoms. The first-order chi connectivity index (χ1) is 58.5. The minimum absolute atomic E-state index is 0.620. The van der Waals surface area contributed by atoms with Crippen LogP contribution >= 0.6 is 0 Å². The fourth-order valence-electron chi connectivity index (χ4n) is 15.8. The summed E-state index contributed by atoms with van der Waals surface area (Å²) in [6, 6.07) is 139.